The van der Waals surface area contributed by atoms with E-state index in [4.69, 9.17) is 4.74 Å². The first-order chi connectivity index (χ1) is 16.0. The second kappa shape index (κ2) is 9.92. The summed E-state index contributed by atoms with van der Waals surface area (Å²) in [5.41, 5.74) is 3.93. The molecule has 2 atom stereocenters. The van der Waals surface area contributed by atoms with E-state index in [2.05, 4.69) is 15.6 Å². The van der Waals surface area contributed by atoms with Gasteiger partial charge in [-0.05, 0) is 43.0 Å². The number of hydrogen-bond acceptors (Lipinski definition) is 4. The zero-order valence-corrected chi connectivity index (χ0v) is 19.7. The van der Waals surface area contributed by atoms with Crippen molar-refractivity contribution in [1.29, 1.82) is 0 Å². The molecule has 0 spiro atoms. The minimum atomic E-state index is -0.739. The van der Waals surface area contributed by atoms with Crippen molar-refractivity contribution in [2.24, 2.45) is 0 Å². The van der Waals surface area contributed by atoms with Gasteiger partial charge in [-0.15, -0.1) is 11.3 Å². The van der Waals surface area contributed by atoms with Crippen molar-refractivity contribution in [2.45, 2.75) is 32.4 Å². The Kier molecular flexibility index (Phi) is 6.79. The van der Waals surface area contributed by atoms with Crippen LogP contribution in [0, 0.1) is 6.92 Å². The molecule has 7 heteroatoms. The first-order valence-electron chi connectivity index (χ1n) is 10.8. The highest BCUT2D eigenvalue weighted by atomic mass is 32.1. The summed E-state index contributed by atoms with van der Waals surface area (Å²) in [6, 6.07) is 16.3. The second-order valence-corrected chi connectivity index (χ2v) is 8.99. The van der Waals surface area contributed by atoms with Crippen LogP contribution in [0.2, 0.25) is 0 Å². The largest absolute Gasteiger partial charge is 0.496 e. The topological polar surface area (TPSA) is 83.2 Å². The molecule has 4 aromatic rings. The predicted octanol–water partition coefficient (Wildman–Crippen LogP) is 4.76. The Labute approximate surface area is 197 Å². The van der Waals surface area contributed by atoms with Crippen LogP contribution < -0.4 is 15.4 Å². The minimum absolute atomic E-state index is 0.249. The molecule has 2 heterocycles. The minimum Gasteiger partial charge on any atom is -0.496 e. The molecule has 4 rings (SSSR count). The summed E-state index contributed by atoms with van der Waals surface area (Å²) in [5, 5.41) is 8.88. The maximum absolute atomic E-state index is 13.4. The number of methoxy groups -OCH3 is 1. The lowest BCUT2D eigenvalue weighted by Gasteiger charge is -2.23. The molecule has 2 amide bonds. The summed E-state index contributed by atoms with van der Waals surface area (Å²) in [7, 11) is 1.61. The van der Waals surface area contributed by atoms with Crippen molar-refractivity contribution in [1.82, 2.24) is 15.6 Å². The summed E-state index contributed by atoms with van der Waals surface area (Å²) in [5.74, 6) is 0.205. The number of aromatic nitrogens is 1. The van der Waals surface area contributed by atoms with Gasteiger partial charge < -0.3 is 20.4 Å². The molecule has 170 valence electrons. The Balaban J connectivity index is 1.58. The zero-order valence-electron chi connectivity index (χ0n) is 18.8. The number of fused-ring (bicyclic) bond motifs is 1. The molecule has 0 saturated heterocycles. The van der Waals surface area contributed by atoms with Crippen molar-refractivity contribution in [3.05, 3.63) is 87.7 Å². The molecule has 33 heavy (non-hydrogen) atoms. The lowest BCUT2D eigenvalue weighted by Crippen LogP contribution is -2.48. The number of benzene rings is 2. The fourth-order valence-corrected chi connectivity index (χ4v) is 4.58. The zero-order chi connectivity index (χ0) is 23.4. The number of H-pyrrole nitrogens is 1. The van der Waals surface area contributed by atoms with Gasteiger partial charge in [-0.2, -0.15) is 0 Å². The normalized spacial score (nSPS) is 12.8. The Bertz CT molecular complexity index is 1260. The molecule has 0 aliphatic carbocycles. The van der Waals surface area contributed by atoms with Gasteiger partial charge >= 0.3 is 0 Å². The number of aryl methyl sites for hydroxylation is 1. The van der Waals surface area contributed by atoms with E-state index in [1.54, 1.807) is 13.2 Å². The quantitative estimate of drug-likeness (QED) is 0.354. The van der Waals surface area contributed by atoms with Crippen LogP contribution in [0.25, 0.3) is 10.9 Å². The van der Waals surface area contributed by atoms with Crippen molar-refractivity contribution in [3.63, 3.8) is 0 Å². The Morgan fingerprint density at radius 3 is 2.67 bits per heavy atom. The van der Waals surface area contributed by atoms with Gasteiger partial charge in [-0.3, -0.25) is 9.59 Å². The van der Waals surface area contributed by atoms with Crippen LogP contribution in [0.3, 0.4) is 0 Å². The molecule has 0 saturated carbocycles. The molecule has 0 aliphatic heterocycles. The van der Waals surface area contributed by atoms with Crippen LogP contribution in [0.5, 0.6) is 5.75 Å². The number of amides is 2. The van der Waals surface area contributed by atoms with Gasteiger partial charge in [0, 0.05) is 29.1 Å². The number of carbonyl (C=O) groups excluding carboxylic acids is 2. The van der Waals surface area contributed by atoms with E-state index in [-0.39, 0.29) is 17.9 Å². The summed E-state index contributed by atoms with van der Waals surface area (Å²) >= 11 is 1.35. The van der Waals surface area contributed by atoms with Gasteiger partial charge in [0.1, 0.15) is 11.8 Å². The van der Waals surface area contributed by atoms with Crippen LogP contribution in [0.1, 0.15) is 39.3 Å². The second-order valence-electron chi connectivity index (χ2n) is 8.04. The summed E-state index contributed by atoms with van der Waals surface area (Å²) in [6.45, 7) is 3.91. The molecule has 0 bridgehead atoms. The lowest BCUT2D eigenvalue weighted by molar-refractivity contribution is -0.123. The van der Waals surface area contributed by atoms with E-state index in [1.807, 2.05) is 74.0 Å². The van der Waals surface area contributed by atoms with Gasteiger partial charge in [-0.1, -0.05) is 42.0 Å². The van der Waals surface area contributed by atoms with E-state index >= 15 is 0 Å². The SMILES string of the molecule is COc1ccc(C)cc1C(C)NC(=O)[C@H](Cc1c[nH]c2ccccc12)NC(=O)c1cccs1. The van der Waals surface area contributed by atoms with E-state index in [9.17, 15) is 9.59 Å². The third kappa shape index (κ3) is 5.09. The van der Waals surface area contributed by atoms with Gasteiger partial charge in [-0.25, -0.2) is 0 Å². The van der Waals surface area contributed by atoms with Crippen molar-refractivity contribution in [3.8, 4) is 5.75 Å². The van der Waals surface area contributed by atoms with Gasteiger partial charge in [0.05, 0.1) is 18.0 Å². The van der Waals surface area contributed by atoms with E-state index in [0.717, 1.165) is 27.6 Å². The van der Waals surface area contributed by atoms with Gasteiger partial charge in [0.25, 0.3) is 5.91 Å². The lowest BCUT2D eigenvalue weighted by atomic mass is 10.0. The smallest absolute Gasteiger partial charge is 0.262 e. The molecular formula is C26H27N3O3S. The first-order valence-corrected chi connectivity index (χ1v) is 11.7. The molecule has 1 unspecified atom stereocenters. The molecular weight excluding hydrogens is 434 g/mol. The van der Waals surface area contributed by atoms with E-state index < -0.39 is 6.04 Å². The highest BCUT2D eigenvalue weighted by Gasteiger charge is 2.26. The number of ether oxygens (including phenoxy) is 1. The Morgan fingerprint density at radius 2 is 1.91 bits per heavy atom. The predicted molar refractivity (Wildman–Crippen MR) is 132 cm³/mol. The number of aromatic amines is 1. The van der Waals surface area contributed by atoms with Crippen LogP contribution in [-0.4, -0.2) is 29.9 Å². The molecule has 0 fully saturated rings. The Morgan fingerprint density at radius 1 is 1.09 bits per heavy atom. The standard InChI is InChI=1S/C26H27N3O3S/c1-16-10-11-23(32-3)20(13-16)17(2)28-25(30)22(29-26(31)24-9-6-12-33-24)14-18-15-27-21-8-5-4-7-19(18)21/h4-13,15,17,22,27H,14H2,1-3H3,(H,28,30)(H,29,31)/t17?,22-/m0/s1. The monoisotopic (exact) mass is 461 g/mol. The highest BCUT2D eigenvalue weighted by molar-refractivity contribution is 7.12. The van der Waals surface area contributed by atoms with Crippen LogP contribution in [0.4, 0.5) is 0 Å². The number of carbonyl (C=O) groups is 2. The van der Waals surface area contributed by atoms with E-state index in [1.165, 1.54) is 11.3 Å². The molecule has 6 nitrogen and oxygen atoms in total. The van der Waals surface area contributed by atoms with Gasteiger partial charge in [0.2, 0.25) is 5.91 Å². The highest BCUT2D eigenvalue weighted by Crippen LogP contribution is 2.26. The number of nitrogens with one attached hydrogen (secondary N) is 3. The molecule has 3 N–H and O–H groups in total. The average molecular weight is 462 g/mol. The van der Waals surface area contributed by atoms with E-state index in [0.29, 0.717) is 17.0 Å². The third-order valence-corrected chi connectivity index (χ3v) is 6.54. The number of para-hydroxylation sites is 1. The van der Waals surface area contributed by atoms with Crippen molar-refractivity contribution >= 4 is 34.1 Å². The van der Waals surface area contributed by atoms with Crippen LogP contribution >= 0.6 is 11.3 Å². The molecule has 0 radical (unpaired) electrons. The number of hydrogen-bond donors (Lipinski definition) is 3. The number of thiophene rings is 1. The molecule has 0 aliphatic rings. The maximum atomic E-state index is 13.4. The van der Waals surface area contributed by atoms with Crippen molar-refractivity contribution < 1.29 is 14.3 Å². The summed E-state index contributed by atoms with van der Waals surface area (Å²) in [4.78, 5) is 30.0. The maximum Gasteiger partial charge on any atom is 0.262 e. The fourth-order valence-electron chi connectivity index (χ4n) is 3.95. The average Bonchev–Trinajstić information content (AvgIpc) is 3.49. The Hall–Kier alpha value is -3.58. The first kappa shape index (κ1) is 22.6. The third-order valence-electron chi connectivity index (χ3n) is 5.68. The van der Waals surface area contributed by atoms with Crippen molar-refractivity contribution in [2.75, 3.05) is 7.11 Å². The summed E-state index contributed by atoms with van der Waals surface area (Å²) < 4.78 is 5.49. The van der Waals surface area contributed by atoms with Crippen LogP contribution in [-0.2, 0) is 11.2 Å². The fraction of sp³-hybridized carbons (Fsp3) is 0.231. The summed E-state index contributed by atoms with van der Waals surface area (Å²) in [6.07, 6.45) is 2.26. The van der Waals surface area contributed by atoms with Gasteiger partial charge in [0.15, 0.2) is 0 Å². The number of rotatable bonds is 8. The van der Waals surface area contributed by atoms with Crippen LogP contribution in [0.15, 0.2) is 66.2 Å². The molecule has 2 aromatic carbocycles. The molecule has 2 aromatic heterocycles.